The van der Waals surface area contributed by atoms with Crippen molar-refractivity contribution in [1.82, 2.24) is 9.88 Å². The van der Waals surface area contributed by atoms with Crippen LogP contribution in [0, 0.1) is 0 Å². The van der Waals surface area contributed by atoms with Crippen molar-refractivity contribution in [2.24, 2.45) is 0 Å². The molecule has 1 unspecified atom stereocenters. The number of aromatic nitrogens is 1. The van der Waals surface area contributed by atoms with Gasteiger partial charge in [0.25, 0.3) is 0 Å². The molecular weight excluding hydrogens is 252 g/mol. The van der Waals surface area contributed by atoms with Crippen LogP contribution in [-0.2, 0) is 22.6 Å². The van der Waals surface area contributed by atoms with Crippen LogP contribution in [0.4, 0.5) is 0 Å². The molecule has 0 fully saturated rings. The average Bonchev–Trinajstić information content (AvgIpc) is 2.85. The fraction of sp³-hybridized carbons (Fsp3) is 0.250. The maximum Gasteiger partial charge on any atom is 0.329 e. The number of pyridine rings is 1. The summed E-state index contributed by atoms with van der Waals surface area (Å²) in [6.07, 6.45) is 1.72. The topological polar surface area (TPSA) is 42.4 Å². The van der Waals surface area contributed by atoms with Crippen molar-refractivity contribution in [2.45, 2.75) is 19.1 Å². The second kappa shape index (κ2) is 5.43. The van der Waals surface area contributed by atoms with Crippen molar-refractivity contribution < 1.29 is 9.53 Å². The molecule has 0 spiro atoms. The van der Waals surface area contributed by atoms with Crippen molar-refractivity contribution in [1.29, 1.82) is 0 Å². The van der Waals surface area contributed by atoms with E-state index in [-0.39, 0.29) is 5.97 Å². The third-order valence-electron chi connectivity index (χ3n) is 3.58. The second-order valence-corrected chi connectivity index (χ2v) is 4.86. The van der Waals surface area contributed by atoms with Gasteiger partial charge in [-0.3, -0.25) is 9.88 Å². The predicted octanol–water partition coefficient (Wildman–Crippen LogP) is 2.31. The van der Waals surface area contributed by atoms with E-state index in [1.807, 2.05) is 30.3 Å². The Kier molecular flexibility index (Phi) is 3.48. The first kappa shape index (κ1) is 12.8. The van der Waals surface area contributed by atoms with E-state index in [1.165, 1.54) is 12.7 Å². The standard InChI is InChI=1S/C16H16N2O2/c1-20-16(19)15-14-13(8-5-9-17-14)11-18(15)10-12-6-3-2-4-7-12/h2-9,15H,10-11H2,1H3. The number of benzene rings is 1. The fourth-order valence-corrected chi connectivity index (χ4v) is 2.65. The second-order valence-electron chi connectivity index (χ2n) is 4.86. The molecule has 0 amide bonds. The highest BCUT2D eigenvalue weighted by molar-refractivity contribution is 5.78. The van der Waals surface area contributed by atoms with Gasteiger partial charge in [-0.15, -0.1) is 0 Å². The molecule has 1 atom stereocenters. The van der Waals surface area contributed by atoms with Crippen LogP contribution in [0.5, 0.6) is 0 Å². The number of ether oxygens (including phenoxy) is 1. The van der Waals surface area contributed by atoms with E-state index in [1.54, 1.807) is 6.20 Å². The van der Waals surface area contributed by atoms with E-state index < -0.39 is 6.04 Å². The highest BCUT2D eigenvalue weighted by Gasteiger charge is 2.37. The highest BCUT2D eigenvalue weighted by Crippen LogP contribution is 2.33. The van der Waals surface area contributed by atoms with Crippen LogP contribution in [0.15, 0.2) is 48.7 Å². The molecule has 1 aromatic heterocycles. The Morgan fingerprint density at radius 3 is 2.85 bits per heavy atom. The van der Waals surface area contributed by atoms with Gasteiger partial charge < -0.3 is 4.74 Å². The van der Waals surface area contributed by atoms with E-state index in [0.717, 1.165) is 17.8 Å². The molecule has 0 radical (unpaired) electrons. The number of methoxy groups -OCH3 is 1. The number of carbonyl (C=O) groups excluding carboxylic acids is 1. The van der Waals surface area contributed by atoms with Crippen LogP contribution >= 0.6 is 0 Å². The molecule has 4 nitrogen and oxygen atoms in total. The minimum absolute atomic E-state index is 0.251. The molecule has 102 valence electrons. The van der Waals surface area contributed by atoms with Crippen LogP contribution in [0.3, 0.4) is 0 Å². The summed E-state index contributed by atoms with van der Waals surface area (Å²) in [5.41, 5.74) is 3.09. The van der Waals surface area contributed by atoms with E-state index in [4.69, 9.17) is 4.74 Å². The first-order valence-corrected chi connectivity index (χ1v) is 6.59. The third-order valence-corrected chi connectivity index (χ3v) is 3.58. The number of hydrogen-bond acceptors (Lipinski definition) is 4. The predicted molar refractivity (Wildman–Crippen MR) is 74.7 cm³/mol. The number of fused-ring (bicyclic) bond motifs is 1. The maximum atomic E-state index is 12.1. The van der Waals surface area contributed by atoms with Crippen molar-refractivity contribution in [3.05, 3.63) is 65.5 Å². The zero-order valence-electron chi connectivity index (χ0n) is 11.3. The lowest BCUT2D eigenvalue weighted by Crippen LogP contribution is -2.29. The number of esters is 1. The first-order chi connectivity index (χ1) is 9.79. The summed E-state index contributed by atoms with van der Waals surface area (Å²) in [5, 5.41) is 0. The van der Waals surface area contributed by atoms with Crippen molar-refractivity contribution in [2.75, 3.05) is 7.11 Å². The monoisotopic (exact) mass is 268 g/mol. The molecule has 4 heteroatoms. The number of carbonyl (C=O) groups is 1. The van der Waals surface area contributed by atoms with Crippen LogP contribution in [0.25, 0.3) is 0 Å². The summed E-state index contributed by atoms with van der Waals surface area (Å²) in [7, 11) is 1.42. The Labute approximate surface area is 118 Å². The first-order valence-electron chi connectivity index (χ1n) is 6.59. The molecular formula is C16H16N2O2. The van der Waals surface area contributed by atoms with E-state index in [9.17, 15) is 4.79 Å². The molecule has 0 saturated carbocycles. The number of nitrogens with zero attached hydrogens (tertiary/aromatic N) is 2. The minimum atomic E-state index is -0.406. The molecule has 3 rings (SSSR count). The van der Waals surface area contributed by atoms with Gasteiger partial charge in [0.1, 0.15) is 0 Å². The third kappa shape index (κ3) is 2.30. The summed E-state index contributed by atoms with van der Waals surface area (Å²) in [6, 6.07) is 13.6. The van der Waals surface area contributed by atoms with Crippen LogP contribution < -0.4 is 0 Å². The van der Waals surface area contributed by atoms with E-state index in [2.05, 4.69) is 22.0 Å². The van der Waals surface area contributed by atoms with Crippen molar-refractivity contribution >= 4 is 5.97 Å². The Hall–Kier alpha value is -2.20. The summed E-state index contributed by atoms with van der Waals surface area (Å²) >= 11 is 0. The van der Waals surface area contributed by atoms with Crippen LogP contribution in [0.2, 0.25) is 0 Å². The van der Waals surface area contributed by atoms with Gasteiger partial charge in [0.05, 0.1) is 12.8 Å². The van der Waals surface area contributed by atoms with Gasteiger partial charge in [-0.1, -0.05) is 36.4 Å². The fourth-order valence-electron chi connectivity index (χ4n) is 2.65. The zero-order chi connectivity index (χ0) is 13.9. The molecule has 20 heavy (non-hydrogen) atoms. The summed E-state index contributed by atoms with van der Waals surface area (Å²) in [6.45, 7) is 1.43. The molecule has 0 aliphatic carbocycles. The summed E-state index contributed by atoms with van der Waals surface area (Å²) in [4.78, 5) is 18.5. The quantitative estimate of drug-likeness (QED) is 0.801. The van der Waals surface area contributed by atoms with Crippen molar-refractivity contribution in [3.8, 4) is 0 Å². The molecule has 0 bridgehead atoms. The van der Waals surface area contributed by atoms with Crippen LogP contribution in [0.1, 0.15) is 22.9 Å². The average molecular weight is 268 g/mol. The Morgan fingerprint density at radius 2 is 2.10 bits per heavy atom. The van der Waals surface area contributed by atoms with Gasteiger partial charge in [-0.25, -0.2) is 4.79 Å². The molecule has 2 aromatic rings. The van der Waals surface area contributed by atoms with E-state index in [0.29, 0.717) is 6.54 Å². The lowest BCUT2D eigenvalue weighted by Gasteiger charge is -2.22. The zero-order valence-corrected chi connectivity index (χ0v) is 11.3. The largest absolute Gasteiger partial charge is 0.468 e. The summed E-state index contributed by atoms with van der Waals surface area (Å²) in [5.74, 6) is -0.251. The van der Waals surface area contributed by atoms with Gasteiger partial charge in [0, 0.05) is 19.3 Å². The minimum Gasteiger partial charge on any atom is -0.468 e. The summed E-state index contributed by atoms with van der Waals surface area (Å²) < 4.78 is 4.94. The maximum absolute atomic E-state index is 12.1. The van der Waals surface area contributed by atoms with Gasteiger partial charge >= 0.3 is 5.97 Å². The van der Waals surface area contributed by atoms with Crippen molar-refractivity contribution in [3.63, 3.8) is 0 Å². The highest BCUT2D eigenvalue weighted by atomic mass is 16.5. The Bertz CT molecular complexity index is 613. The van der Waals surface area contributed by atoms with Gasteiger partial charge in [0.2, 0.25) is 0 Å². The Morgan fingerprint density at radius 1 is 1.30 bits per heavy atom. The molecule has 0 N–H and O–H groups in total. The smallest absolute Gasteiger partial charge is 0.329 e. The Balaban J connectivity index is 1.90. The van der Waals surface area contributed by atoms with Gasteiger partial charge in [0.15, 0.2) is 6.04 Å². The normalized spacial score (nSPS) is 17.8. The molecule has 2 heterocycles. The van der Waals surface area contributed by atoms with Gasteiger partial charge in [-0.2, -0.15) is 0 Å². The lowest BCUT2D eigenvalue weighted by molar-refractivity contribution is -0.147. The van der Waals surface area contributed by atoms with Gasteiger partial charge in [-0.05, 0) is 17.2 Å². The molecule has 1 aromatic carbocycles. The number of rotatable bonds is 3. The van der Waals surface area contributed by atoms with E-state index >= 15 is 0 Å². The SMILES string of the molecule is COC(=O)C1c2ncccc2CN1Cc1ccccc1. The molecule has 1 aliphatic rings. The number of hydrogen-bond donors (Lipinski definition) is 0. The van der Waals surface area contributed by atoms with Crippen LogP contribution in [-0.4, -0.2) is 23.0 Å². The molecule has 0 saturated heterocycles. The molecule has 1 aliphatic heterocycles. The lowest BCUT2D eigenvalue weighted by atomic mass is 10.1.